The number of aryl methyl sites for hydroxylation is 1. The Kier molecular flexibility index (Phi) is 4.92. The number of pyridine rings is 1. The van der Waals surface area contributed by atoms with Crippen molar-refractivity contribution in [3.8, 4) is 0 Å². The number of esters is 1. The zero-order chi connectivity index (χ0) is 25.5. The molecule has 2 atom stereocenters. The Balaban J connectivity index is 1.28. The van der Waals surface area contributed by atoms with Crippen molar-refractivity contribution in [2.75, 3.05) is 11.9 Å². The largest absolute Gasteiger partial charge is 0.466 e. The highest BCUT2D eigenvalue weighted by Crippen LogP contribution is 2.64. The number of hydrogen-bond donors (Lipinski definition) is 1. The summed E-state index contributed by atoms with van der Waals surface area (Å²) < 4.78 is 10.6. The fraction of sp³-hybridized carbons (Fsp3) is 0.520. The molecule has 0 aliphatic heterocycles. The molecule has 4 aliphatic carbocycles. The van der Waals surface area contributed by atoms with Crippen LogP contribution >= 0.6 is 11.6 Å². The summed E-state index contributed by atoms with van der Waals surface area (Å²) >= 11 is 6.46. The third kappa shape index (κ3) is 3.32. The number of imidazole rings is 1. The molecular weight excluding hydrogens is 496 g/mol. The van der Waals surface area contributed by atoms with E-state index in [0.717, 1.165) is 32.1 Å². The fourth-order valence-electron chi connectivity index (χ4n) is 7.47. The fourth-order valence-corrected chi connectivity index (χ4v) is 7.66. The van der Waals surface area contributed by atoms with E-state index in [1.165, 1.54) is 6.33 Å². The molecule has 11 nitrogen and oxygen atoms in total. The van der Waals surface area contributed by atoms with Crippen LogP contribution in [0.2, 0.25) is 5.02 Å². The Morgan fingerprint density at radius 2 is 2.03 bits per heavy atom. The lowest BCUT2D eigenvalue weighted by molar-refractivity contribution is -0.175. The van der Waals surface area contributed by atoms with Crippen LogP contribution in [0.5, 0.6) is 0 Å². The second-order valence-electron chi connectivity index (χ2n) is 10.8. The van der Waals surface area contributed by atoms with Crippen molar-refractivity contribution in [3.05, 3.63) is 40.3 Å². The Morgan fingerprint density at radius 1 is 1.24 bits per heavy atom. The molecule has 4 aromatic heterocycles. The van der Waals surface area contributed by atoms with Gasteiger partial charge in [0.25, 0.3) is 0 Å². The topological polar surface area (TPSA) is 121 Å². The number of anilines is 2. The lowest BCUT2D eigenvalue weighted by atomic mass is 9.48. The molecule has 0 radical (unpaired) electrons. The van der Waals surface area contributed by atoms with Crippen molar-refractivity contribution in [1.29, 1.82) is 0 Å². The first-order valence-electron chi connectivity index (χ1n) is 12.7. The highest BCUT2D eigenvalue weighted by Gasteiger charge is 2.60. The third-order valence-electron chi connectivity index (χ3n) is 8.67. The molecule has 4 fully saturated rings. The van der Waals surface area contributed by atoms with Gasteiger partial charge in [0.1, 0.15) is 11.8 Å². The van der Waals surface area contributed by atoms with E-state index in [9.17, 15) is 9.59 Å². The molecule has 0 spiro atoms. The van der Waals surface area contributed by atoms with E-state index in [1.54, 1.807) is 34.6 Å². The van der Waals surface area contributed by atoms with Gasteiger partial charge in [0, 0.05) is 19.2 Å². The van der Waals surface area contributed by atoms with Crippen molar-refractivity contribution < 1.29 is 9.53 Å². The Morgan fingerprint density at radius 3 is 2.78 bits per heavy atom. The maximum Gasteiger partial charge on any atom is 0.330 e. The Hall–Kier alpha value is -3.47. The number of carbonyl (C=O) groups is 1. The minimum atomic E-state index is -0.407. The zero-order valence-electron chi connectivity index (χ0n) is 20.6. The van der Waals surface area contributed by atoms with Crippen LogP contribution in [0.15, 0.2) is 29.6 Å². The first kappa shape index (κ1) is 22.7. The lowest BCUT2D eigenvalue weighted by Gasteiger charge is -2.58. The molecule has 37 heavy (non-hydrogen) atoms. The number of halogens is 1. The lowest BCUT2D eigenvalue weighted by Crippen LogP contribution is -2.55. The van der Waals surface area contributed by atoms with Gasteiger partial charge < -0.3 is 10.1 Å². The predicted molar refractivity (Wildman–Crippen MR) is 136 cm³/mol. The second-order valence-corrected chi connectivity index (χ2v) is 11.2. The number of carbonyl (C=O) groups excluding carboxylic acids is 1. The number of rotatable bonds is 5. The van der Waals surface area contributed by atoms with E-state index in [2.05, 4.69) is 20.4 Å². The molecule has 4 saturated carbocycles. The van der Waals surface area contributed by atoms with E-state index < -0.39 is 5.41 Å². The molecule has 4 aromatic rings. The summed E-state index contributed by atoms with van der Waals surface area (Å²) in [4.78, 5) is 40.0. The van der Waals surface area contributed by atoms with Crippen LogP contribution in [0.4, 0.5) is 11.6 Å². The Labute approximate surface area is 216 Å². The van der Waals surface area contributed by atoms with Crippen molar-refractivity contribution in [1.82, 2.24) is 33.7 Å². The van der Waals surface area contributed by atoms with Gasteiger partial charge in [-0.3, -0.25) is 13.9 Å². The molecule has 0 saturated heterocycles. The van der Waals surface area contributed by atoms with Gasteiger partial charge in [-0.15, -0.1) is 0 Å². The van der Waals surface area contributed by atoms with E-state index in [0.29, 0.717) is 46.0 Å². The highest BCUT2D eigenvalue weighted by molar-refractivity contribution is 6.33. The molecule has 4 heterocycles. The van der Waals surface area contributed by atoms with Gasteiger partial charge in [0.15, 0.2) is 11.3 Å². The minimum absolute atomic E-state index is 0.00635. The molecule has 0 aromatic carbocycles. The molecule has 8 rings (SSSR count). The van der Waals surface area contributed by atoms with E-state index in [-0.39, 0.29) is 29.5 Å². The van der Waals surface area contributed by atoms with Gasteiger partial charge in [-0.05, 0) is 56.8 Å². The van der Waals surface area contributed by atoms with Crippen LogP contribution in [0.3, 0.4) is 0 Å². The normalized spacial score (nSPS) is 28.3. The summed E-state index contributed by atoms with van der Waals surface area (Å²) in [6.07, 6.45) is 9.32. The summed E-state index contributed by atoms with van der Waals surface area (Å²) in [5.41, 5.74) is 1.95. The number of hydrogen-bond acceptors (Lipinski definition) is 8. The van der Waals surface area contributed by atoms with Crippen molar-refractivity contribution in [2.45, 2.75) is 45.1 Å². The number of nitrogens with zero attached hydrogens (tertiary/aromatic N) is 7. The van der Waals surface area contributed by atoms with Crippen molar-refractivity contribution in [2.24, 2.45) is 30.2 Å². The monoisotopic (exact) mass is 522 g/mol. The number of nitrogens with one attached hydrogen (secondary N) is 1. The predicted octanol–water partition coefficient (Wildman–Crippen LogP) is 3.50. The van der Waals surface area contributed by atoms with Gasteiger partial charge in [-0.2, -0.15) is 10.1 Å². The van der Waals surface area contributed by atoms with Crippen LogP contribution < -0.4 is 11.0 Å². The molecule has 4 aliphatic rings. The molecule has 0 amide bonds. The highest BCUT2D eigenvalue weighted by atomic mass is 35.5. The van der Waals surface area contributed by atoms with Crippen LogP contribution in [0.1, 0.15) is 45.1 Å². The quantitative estimate of drug-likeness (QED) is 0.395. The molecule has 12 heteroatoms. The number of ether oxygens (including phenoxy) is 1. The smallest absolute Gasteiger partial charge is 0.330 e. The zero-order valence-corrected chi connectivity index (χ0v) is 21.4. The van der Waals surface area contributed by atoms with Gasteiger partial charge >= 0.3 is 11.7 Å². The molecule has 192 valence electrons. The minimum Gasteiger partial charge on any atom is -0.466 e. The van der Waals surface area contributed by atoms with Crippen molar-refractivity contribution >= 4 is 46.0 Å². The maximum absolute atomic E-state index is 13.6. The van der Waals surface area contributed by atoms with Crippen LogP contribution in [-0.4, -0.2) is 46.3 Å². The van der Waals surface area contributed by atoms with Gasteiger partial charge in [-0.25, -0.2) is 19.3 Å². The molecule has 2 unspecified atom stereocenters. The SMILES string of the molecule is CCOC(=O)C12CC3CC(C1)C(n1c(=O)n(C)c4cnc(Nc5cn6ncnc6cc5Cl)nc41)C(C3)C2. The number of fused-ring (bicyclic) bond motifs is 2. The number of aromatic nitrogens is 7. The van der Waals surface area contributed by atoms with E-state index in [4.69, 9.17) is 21.3 Å². The van der Waals surface area contributed by atoms with E-state index >= 15 is 0 Å². The average Bonchev–Trinajstić information content (AvgIpc) is 3.41. The van der Waals surface area contributed by atoms with Crippen LogP contribution in [0, 0.1) is 23.2 Å². The first-order chi connectivity index (χ1) is 17.9. The van der Waals surface area contributed by atoms with E-state index in [1.807, 2.05) is 11.5 Å². The van der Waals surface area contributed by atoms with Crippen LogP contribution in [0.25, 0.3) is 16.8 Å². The summed E-state index contributed by atoms with van der Waals surface area (Å²) in [6.45, 7) is 2.26. The van der Waals surface area contributed by atoms with Gasteiger partial charge in [-0.1, -0.05) is 11.6 Å². The molecule has 4 bridgehead atoms. The standard InChI is InChI=1S/C25H27ClN8O3/c1-3-37-22(35)25-7-13-4-14(8-25)20(15(5-13)9-25)34-21-18(32(2)24(34)36)10-27-23(31-21)30-17-11-33-19(6-16(17)26)28-12-29-33/h6,10-15,20H,3-5,7-9H2,1-2H3,(H,27,30,31). The van der Waals surface area contributed by atoms with Crippen LogP contribution in [-0.2, 0) is 16.6 Å². The Bertz CT molecular complexity index is 1610. The summed E-state index contributed by atoms with van der Waals surface area (Å²) in [5.74, 6) is 1.24. The second kappa shape index (κ2) is 8.01. The maximum atomic E-state index is 13.6. The molecule has 1 N–H and O–H groups in total. The van der Waals surface area contributed by atoms with Gasteiger partial charge in [0.2, 0.25) is 5.95 Å². The summed E-state index contributed by atoms with van der Waals surface area (Å²) in [7, 11) is 1.75. The van der Waals surface area contributed by atoms with Crippen molar-refractivity contribution in [3.63, 3.8) is 0 Å². The van der Waals surface area contributed by atoms with Gasteiger partial charge in [0.05, 0.1) is 35.1 Å². The molecular formula is C25H27ClN8O3. The average molecular weight is 523 g/mol. The summed E-state index contributed by atoms with van der Waals surface area (Å²) in [6, 6.07) is 1.70. The third-order valence-corrected chi connectivity index (χ3v) is 8.99. The summed E-state index contributed by atoms with van der Waals surface area (Å²) in [5, 5.41) is 7.79. The first-order valence-corrected chi connectivity index (χ1v) is 13.1.